The summed E-state index contributed by atoms with van der Waals surface area (Å²) in [6.07, 6.45) is 5.67. The van der Waals surface area contributed by atoms with Gasteiger partial charge in [-0.2, -0.15) is 0 Å². The van der Waals surface area contributed by atoms with Gasteiger partial charge in [0.1, 0.15) is 0 Å². The zero-order valence-corrected chi connectivity index (χ0v) is 13.5. The lowest BCUT2D eigenvalue weighted by Gasteiger charge is -2.33. The zero-order valence-electron chi connectivity index (χ0n) is 12.8. The van der Waals surface area contributed by atoms with E-state index in [-0.39, 0.29) is 11.4 Å². The van der Waals surface area contributed by atoms with Gasteiger partial charge in [-0.15, -0.1) is 0 Å². The normalized spacial score (nSPS) is 17.3. The Bertz CT molecular complexity index is 510. The van der Waals surface area contributed by atoms with Crippen LogP contribution in [0, 0.1) is 0 Å². The van der Waals surface area contributed by atoms with Crippen molar-refractivity contribution in [3.8, 4) is 0 Å². The predicted molar refractivity (Wildman–Crippen MR) is 89.0 cm³/mol. The maximum Gasteiger partial charge on any atom is 0.226 e. The maximum absolute atomic E-state index is 12.3. The molecule has 1 amide bonds. The lowest BCUT2D eigenvalue weighted by molar-refractivity contribution is -0.117. The van der Waals surface area contributed by atoms with E-state index in [9.17, 15) is 4.79 Å². The van der Waals surface area contributed by atoms with Crippen LogP contribution < -0.4 is 16.0 Å². The number of para-hydroxylation sites is 1. The second kappa shape index (κ2) is 6.67. The number of hydrogen-bond donors (Lipinski definition) is 2. The Balaban J connectivity index is 2.08. The summed E-state index contributed by atoms with van der Waals surface area (Å²) in [6, 6.07) is 5.52. The Kier molecular flexibility index (Phi) is 5.12. The first-order chi connectivity index (χ1) is 9.91. The number of anilines is 2. The lowest BCUT2D eigenvalue weighted by atomic mass is 9.80. The van der Waals surface area contributed by atoms with Crippen LogP contribution in [0.25, 0.3) is 0 Å². The van der Waals surface area contributed by atoms with E-state index in [1.165, 1.54) is 6.42 Å². The fourth-order valence-corrected chi connectivity index (χ4v) is 3.36. The van der Waals surface area contributed by atoms with Gasteiger partial charge in [0.05, 0.1) is 16.4 Å². The summed E-state index contributed by atoms with van der Waals surface area (Å²) in [5.41, 5.74) is 7.55. The van der Waals surface area contributed by atoms with E-state index in [0.29, 0.717) is 11.4 Å². The molecule has 1 aromatic carbocycles. The average Bonchev–Trinajstić information content (AvgIpc) is 2.38. The summed E-state index contributed by atoms with van der Waals surface area (Å²) in [5, 5.41) is 3.58. The molecule has 4 nitrogen and oxygen atoms in total. The topological polar surface area (TPSA) is 58.4 Å². The third-order valence-electron chi connectivity index (χ3n) is 4.07. The molecule has 1 saturated carbocycles. The molecule has 3 N–H and O–H groups in total. The van der Waals surface area contributed by atoms with Gasteiger partial charge in [-0.3, -0.25) is 4.79 Å². The first-order valence-electron chi connectivity index (χ1n) is 7.46. The highest BCUT2D eigenvalue weighted by Crippen LogP contribution is 2.33. The number of hydrogen-bond acceptors (Lipinski definition) is 3. The fourth-order valence-electron chi connectivity index (χ4n) is 3.02. The van der Waals surface area contributed by atoms with Gasteiger partial charge in [0, 0.05) is 26.1 Å². The highest BCUT2D eigenvalue weighted by atomic mass is 35.5. The fraction of sp³-hybridized carbons (Fsp3) is 0.562. The third-order valence-corrected chi connectivity index (χ3v) is 4.38. The summed E-state index contributed by atoms with van der Waals surface area (Å²) in [7, 11) is 3.81. The van der Waals surface area contributed by atoms with Gasteiger partial charge < -0.3 is 16.0 Å². The summed E-state index contributed by atoms with van der Waals surface area (Å²) in [4.78, 5) is 14.2. The summed E-state index contributed by atoms with van der Waals surface area (Å²) < 4.78 is 0. The van der Waals surface area contributed by atoms with Gasteiger partial charge in [-0.05, 0) is 25.0 Å². The van der Waals surface area contributed by atoms with Crippen molar-refractivity contribution in [2.75, 3.05) is 24.3 Å². The molecule has 0 spiro atoms. The van der Waals surface area contributed by atoms with Crippen LogP contribution >= 0.6 is 11.6 Å². The Labute approximate surface area is 131 Å². The van der Waals surface area contributed by atoms with Crippen molar-refractivity contribution < 1.29 is 4.79 Å². The van der Waals surface area contributed by atoms with Crippen LogP contribution in [0.3, 0.4) is 0 Å². The van der Waals surface area contributed by atoms with Crippen LogP contribution in [0.1, 0.15) is 38.5 Å². The highest BCUT2D eigenvalue weighted by molar-refractivity contribution is 6.34. The molecule has 1 aliphatic carbocycles. The predicted octanol–water partition coefficient (Wildman–Crippen LogP) is 3.40. The summed E-state index contributed by atoms with van der Waals surface area (Å²) >= 11 is 6.21. The van der Waals surface area contributed by atoms with Crippen LogP contribution in [-0.2, 0) is 4.79 Å². The molecule has 0 atom stereocenters. The van der Waals surface area contributed by atoms with E-state index in [2.05, 4.69) is 5.32 Å². The van der Waals surface area contributed by atoms with Gasteiger partial charge in [-0.25, -0.2) is 0 Å². The van der Waals surface area contributed by atoms with E-state index in [0.717, 1.165) is 37.1 Å². The number of carbonyl (C=O) groups excluding carboxylic acids is 1. The van der Waals surface area contributed by atoms with E-state index in [1.54, 1.807) is 0 Å². The second-order valence-corrected chi connectivity index (χ2v) is 6.59. The zero-order chi connectivity index (χ0) is 15.5. The van der Waals surface area contributed by atoms with Crippen LogP contribution in [0.5, 0.6) is 0 Å². The maximum atomic E-state index is 12.3. The first-order valence-corrected chi connectivity index (χ1v) is 7.84. The molecule has 0 saturated heterocycles. The Morgan fingerprint density at radius 1 is 1.33 bits per heavy atom. The molecule has 1 fully saturated rings. The largest absolute Gasteiger partial charge is 0.375 e. The molecule has 0 bridgehead atoms. The Morgan fingerprint density at radius 3 is 2.62 bits per heavy atom. The minimum Gasteiger partial charge on any atom is -0.375 e. The van der Waals surface area contributed by atoms with Gasteiger partial charge in [0.2, 0.25) is 5.91 Å². The number of carbonyl (C=O) groups is 1. The van der Waals surface area contributed by atoms with Crippen molar-refractivity contribution in [3.63, 3.8) is 0 Å². The molecule has 21 heavy (non-hydrogen) atoms. The van der Waals surface area contributed by atoms with Crippen molar-refractivity contribution >= 4 is 28.9 Å². The van der Waals surface area contributed by atoms with Crippen LogP contribution in [0.4, 0.5) is 11.4 Å². The molecule has 0 radical (unpaired) electrons. The van der Waals surface area contributed by atoms with E-state index >= 15 is 0 Å². The molecule has 1 aromatic rings. The summed E-state index contributed by atoms with van der Waals surface area (Å²) in [6.45, 7) is 0. The number of amides is 1. The van der Waals surface area contributed by atoms with E-state index in [4.69, 9.17) is 17.3 Å². The van der Waals surface area contributed by atoms with E-state index in [1.807, 2.05) is 37.2 Å². The smallest absolute Gasteiger partial charge is 0.226 e. The monoisotopic (exact) mass is 309 g/mol. The van der Waals surface area contributed by atoms with Crippen molar-refractivity contribution in [1.82, 2.24) is 0 Å². The molecular weight excluding hydrogens is 286 g/mol. The van der Waals surface area contributed by atoms with Crippen LogP contribution in [0.15, 0.2) is 18.2 Å². The van der Waals surface area contributed by atoms with Crippen molar-refractivity contribution in [3.05, 3.63) is 23.2 Å². The van der Waals surface area contributed by atoms with Crippen molar-refractivity contribution in [1.29, 1.82) is 0 Å². The highest BCUT2D eigenvalue weighted by Gasteiger charge is 2.30. The van der Waals surface area contributed by atoms with Gasteiger partial charge >= 0.3 is 0 Å². The number of nitrogens with two attached hydrogens (primary N) is 1. The number of nitrogens with one attached hydrogen (secondary N) is 1. The first kappa shape index (κ1) is 16.1. The third kappa shape index (κ3) is 4.11. The average molecular weight is 310 g/mol. The molecule has 5 heteroatoms. The molecule has 0 heterocycles. The van der Waals surface area contributed by atoms with Gasteiger partial charge in [0.25, 0.3) is 0 Å². The number of rotatable bonds is 4. The van der Waals surface area contributed by atoms with Crippen LogP contribution in [-0.4, -0.2) is 25.5 Å². The number of halogens is 1. The van der Waals surface area contributed by atoms with Crippen LogP contribution in [0.2, 0.25) is 5.02 Å². The number of nitrogens with zero attached hydrogens (tertiary/aromatic N) is 1. The molecule has 0 unspecified atom stereocenters. The van der Waals surface area contributed by atoms with Crippen molar-refractivity contribution in [2.45, 2.75) is 44.1 Å². The SMILES string of the molecule is CN(C)c1c(Cl)cccc1NC(=O)CC1(N)CCCCC1. The minimum absolute atomic E-state index is 0.0373. The minimum atomic E-state index is -0.348. The number of benzene rings is 1. The molecule has 0 aromatic heterocycles. The van der Waals surface area contributed by atoms with Gasteiger partial charge in [-0.1, -0.05) is 36.9 Å². The second-order valence-electron chi connectivity index (χ2n) is 6.18. The van der Waals surface area contributed by atoms with Gasteiger partial charge in [0.15, 0.2) is 0 Å². The molecule has 1 aliphatic rings. The molecule has 116 valence electrons. The molecule has 2 rings (SSSR count). The molecular formula is C16H24ClN3O. The quantitative estimate of drug-likeness (QED) is 0.896. The molecule has 0 aliphatic heterocycles. The Hall–Kier alpha value is -1.26. The summed E-state index contributed by atoms with van der Waals surface area (Å²) in [5.74, 6) is -0.0373. The lowest BCUT2D eigenvalue weighted by Crippen LogP contribution is -2.44. The standard InChI is InChI=1S/C16H24ClN3O/c1-20(2)15-12(17)7-6-8-13(15)19-14(21)11-16(18)9-4-3-5-10-16/h6-8H,3-5,9-11,18H2,1-2H3,(H,19,21). The Morgan fingerprint density at radius 2 is 2.00 bits per heavy atom. The van der Waals surface area contributed by atoms with E-state index < -0.39 is 0 Å². The van der Waals surface area contributed by atoms with Crippen molar-refractivity contribution in [2.24, 2.45) is 5.73 Å².